The van der Waals surface area contributed by atoms with Crippen LogP contribution in [0.25, 0.3) is 0 Å². The Bertz CT molecular complexity index is 611. The van der Waals surface area contributed by atoms with Crippen LogP contribution >= 0.6 is 11.6 Å². The number of nitrogens with one attached hydrogen (secondary N) is 1. The fourth-order valence-corrected chi connectivity index (χ4v) is 1.62. The number of rotatable bonds is 3. The third-order valence-electron chi connectivity index (χ3n) is 2.34. The second-order valence-electron chi connectivity index (χ2n) is 3.76. The zero-order valence-electron chi connectivity index (χ0n) is 10.1. The van der Waals surface area contributed by atoms with Crippen LogP contribution in [0.15, 0.2) is 42.7 Å². The molecule has 0 saturated carbocycles. The molecule has 0 aliphatic heterocycles. The largest absolute Gasteiger partial charge is 0.344 e. The fourth-order valence-electron chi connectivity index (χ4n) is 1.44. The highest BCUT2D eigenvalue weighted by Crippen LogP contribution is 2.12. The van der Waals surface area contributed by atoms with E-state index in [0.29, 0.717) is 5.02 Å². The molecule has 0 fully saturated rings. The molecule has 2 rings (SSSR count). The van der Waals surface area contributed by atoms with Crippen molar-refractivity contribution < 1.29 is 4.79 Å². The number of halogens is 1. The highest BCUT2D eigenvalue weighted by molar-refractivity contribution is 6.31. The molecular formula is C14H12ClN3O. The van der Waals surface area contributed by atoms with Gasteiger partial charge in [-0.3, -0.25) is 9.48 Å². The Labute approximate surface area is 116 Å². The van der Waals surface area contributed by atoms with Gasteiger partial charge < -0.3 is 5.32 Å². The van der Waals surface area contributed by atoms with E-state index in [1.54, 1.807) is 29.2 Å². The molecule has 1 N–H and O–H groups in total. The van der Waals surface area contributed by atoms with E-state index in [-0.39, 0.29) is 19.0 Å². The number of hydrogen-bond donors (Lipinski definition) is 1. The van der Waals surface area contributed by atoms with Crippen LogP contribution in [0.5, 0.6) is 0 Å². The summed E-state index contributed by atoms with van der Waals surface area (Å²) in [4.78, 5) is 11.5. The van der Waals surface area contributed by atoms with Gasteiger partial charge in [0, 0.05) is 18.0 Å². The third kappa shape index (κ3) is 4.16. The van der Waals surface area contributed by atoms with Crippen LogP contribution in [0.2, 0.25) is 5.02 Å². The summed E-state index contributed by atoms with van der Waals surface area (Å²) in [6.07, 6.45) is 3.36. The standard InChI is InChI=1S/C14H12ClN3O/c15-13-7-2-1-5-12(13)6-3-8-16-14(19)11-18-10-4-9-17-18/h1-2,4-5,7,9-10H,8,11H2,(H,16,19). The molecule has 0 atom stereocenters. The average Bonchev–Trinajstić information content (AvgIpc) is 2.89. The summed E-state index contributed by atoms with van der Waals surface area (Å²) in [7, 11) is 0. The number of carbonyl (C=O) groups is 1. The minimum absolute atomic E-state index is 0.128. The summed E-state index contributed by atoms with van der Waals surface area (Å²) in [5.74, 6) is 5.64. The SMILES string of the molecule is O=C(Cn1cccn1)NCC#Cc1ccccc1Cl. The van der Waals surface area contributed by atoms with Gasteiger partial charge in [-0.2, -0.15) is 5.10 Å². The van der Waals surface area contributed by atoms with Crippen molar-refractivity contribution in [1.29, 1.82) is 0 Å². The predicted octanol–water partition coefficient (Wildman–Crippen LogP) is 1.70. The first-order valence-electron chi connectivity index (χ1n) is 5.73. The van der Waals surface area contributed by atoms with E-state index in [2.05, 4.69) is 22.3 Å². The van der Waals surface area contributed by atoms with E-state index < -0.39 is 0 Å². The zero-order chi connectivity index (χ0) is 13.5. The molecule has 1 amide bonds. The summed E-state index contributed by atoms with van der Waals surface area (Å²) in [6.45, 7) is 0.478. The first kappa shape index (κ1) is 13.2. The summed E-state index contributed by atoms with van der Waals surface area (Å²) >= 11 is 5.96. The molecule has 2 aromatic rings. The molecular weight excluding hydrogens is 262 g/mol. The topological polar surface area (TPSA) is 46.9 Å². The lowest BCUT2D eigenvalue weighted by atomic mass is 10.2. The van der Waals surface area contributed by atoms with Gasteiger partial charge in [0.15, 0.2) is 0 Å². The predicted molar refractivity (Wildman–Crippen MR) is 73.6 cm³/mol. The normalized spacial score (nSPS) is 9.53. The number of amides is 1. The second kappa shape index (κ2) is 6.62. The smallest absolute Gasteiger partial charge is 0.242 e. The number of hydrogen-bond acceptors (Lipinski definition) is 2. The molecule has 0 bridgehead atoms. The first-order valence-corrected chi connectivity index (χ1v) is 6.11. The van der Waals surface area contributed by atoms with Gasteiger partial charge in [0.2, 0.25) is 5.91 Å². The van der Waals surface area contributed by atoms with E-state index in [1.807, 2.05) is 18.2 Å². The number of aromatic nitrogens is 2. The van der Waals surface area contributed by atoms with E-state index in [9.17, 15) is 4.79 Å². The van der Waals surface area contributed by atoms with Gasteiger partial charge in [-0.15, -0.1) is 0 Å². The van der Waals surface area contributed by atoms with Gasteiger partial charge in [0.05, 0.1) is 11.6 Å². The second-order valence-corrected chi connectivity index (χ2v) is 4.17. The zero-order valence-corrected chi connectivity index (χ0v) is 10.9. The monoisotopic (exact) mass is 273 g/mol. The Morgan fingerprint density at radius 1 is 1.37 bits per heavy atom. The van der Waals surface area contributed by atoms with Crippen LogP contribution in [0, 0.1) is 11.8 Å². The lowest BCUT2D eigenvalue weighted by Crippen LogP contribution is -2.27. The van der Waals surface area contributed by atoms with Gasteiger partial charge in [-0.05, 0) is 18.2 Å². The highest BCUT2D eigenvalue weighted by Gasteiger charge is 2.00. The number of benzene rings is 1. The van der Waals surface area contributed by atoms with Crippen LogP contribution in [0.4, 0.5) is 0 Å². The Balaban J connectivity index is 1.81. The van der Waals surface area contributed by atoms with Gasteiger partial charge in [0.25, 0.3) is 0 Å². The molecule has 4 nitrogen and oxygen atoms in total. The van der Waals surface area contributed by atoms with Gasteiger partial charge in [-0.25, -0.2) is 0 Å². The van der Waals surface area contributed by atoms with Crippen LogP contribution in [-0.4, -0.2) is 22.2 Å². The third-order valence-corrected chi connectivity index (χ3v) is 2.67. The molecule has 19 heavy (non-hydrogen) atoms. The molecule has 1 aromatic carbocycles. The molecule has 0 saturated heterocycles. The Hall–Kier alpha value is -2.25. The van der Waals surface area contributed by atoms with E-state index >= 15 is 0 Å². The molecule has 0 unspecified atom stereocenters. The Morgan fingerprint density at radius 3 is 2.95 bits per heavy atom. The number of carbonyl (C=O) groups excluding carboxylic acids is 1. The molecule has 96 valence electrons. The maximum absolute atomic E-state index is 11.5. The van der Waals surface area contributed by atoms with Crippen molar-refractivity contribution in [3.8, 4) is 11.8 Å². The summed E-state index contributed by atoms with van der Waals surface area (Å²) in [6, 6.07) is 9.10. The molecule has 0 aliphatic carbocycles. The highest BCUT2D eigenvalue weighted by atomic mass is 35.5. The molecule has 0 spiro atoms. The van der Waals surface area contributed by atoms with Gasteiger partial charge >= 0.3 is 0 Å². The average molecular weight is 274 g/mol. The van der Waals surface area contributed by atoms with Gasteiger partial charge in [-0.1, -0.05) is 35.6 Å². The van der Waals surface area contributed by atoms with Crippen LogP contribution in [0.3, 0.4) is 0 Å². The lowest BCUT2D eigenvalue weighted by molar-refractivity contribution is -0.121. The van der Waals surface area contributed by atoms with Crippen molar-refractivity contribution in [2.24, 2.45) is 0 Å². The minimum Gasteiger partial charge on any atom is -0.344 e. The summed E-state index contributed by atoms with van der Waals surface area (Å²) in [5, 5.41) is 7.25. The molecule has 1 aromatic heterocycles. The molecule has 1 heterocycles. The summed E-state index contributed by atoms with van der Waals surface area (Å²) in [5.41, 5.74) is 0.755. The lowest BCUT2D eigenvalue weighted by Gasteiger charge is -2.01. The van der Waals surface area contributed by atoms with Crippen molar-refractivity contribution in [2.45, 2.75) is 6.54 Å². The van der Waals surface area contributed by atoms with E-state index in [4.69, 9.17) is 11.6 Å². The molecule has 0 radical (unpaired) electrons. The van der Waals surface area contributed by atoms with Crippen molar-refractivity contribution in [2.75, 3.05) is 6.54 Å². The van der Waals surface area contributed by atoms with Gasteiger partial charge in [0.1, 0.15) is 6.54 Å². The van der Waals surface area contributed by atoms with Crippen LogP contribution in [0.1, 0.15) is 5.56 Å². The maximum Gasteiger partial charge on any atom is 0.242 e. The van der Waals surface area contributed by atoms with Crippen molar-refractivity contribution >= 4 is 17.5 Å². The van der Waals surface area contributed by atoms with Crippen LogP contribution < -0.4 is 5.32 Å². The maximum atomic E-state index is 11.5. The molecule has 0 aliphatic rings. The molecule has 5 heteroatoms. The Kier molecular flexibility index (Phi) is 4.60. The van der Waals surface area contributed by atoms with Crippen molar-refractivity contribution in [1.82, 2.24) is 15.1 Å². The van der Waals surface area contributed by atoms with E-state index in [1.165, 1.54) is 0 Å². The quantitative estimate of drug-likeness (QED) is 0.866. The number of nitrogens with zero attached hydrogens (tertiary/aromatic N) is 2. The van der Waals surface area contributed by atoms with Crippen molar-refractivity contribution in [3.05, 3.63) is 53.3 Å². The fraction of sp³-hybridized carbons (Fsp3) is 0.143. The summed E-state index contributed by atoms with van der Waals surface area (Å²) < 4.78 is 1.55. The van der Waals surface area contributed by atoms with E-state index in [0.717, 1.165) is 5.56 Å². The van der Waals surface area contributed by atoms with Crippen LogP contribution in [-0.2, 0) is 11.3 Å². The van der Waals surface area contributed by atoms with Crippen molar-refractivity contribution in [3.63, 3.8) is 0 Å². The Morgan fingerprint density at radius 2 is 2.21 bits per heavy atom. The first-order chi connectivity index (χ1) is 9.25. The minimum atomic E-state index is -0.128.